The minimum absolute atomic E-state index is 0.00356. The van der Waals surface area contributed by atoms with Crippen LogP contribution in [0.3, 0.4) is 0 Å². The van der Waals surface area contributed by atoms with Crippen molar-refractivity contribution in [1.82, 2.24) is 9.38 Å². The summed E-state index contributed by atoms with van der Waals surface area (Å²) in [4.78, 5) is 15.9. The lowest BCUT2D eigenvalue weighted by molar-refractivity contribution is 0.101. The fourth-order valence-corrected chi connectivity index (χ4v) is 2.13. The van der Waals surface area contributed by atoms with Crippen LogP contribution in [0.1, 0.15) is 17.3 Å². The smallest absolute Gasteiger partial charge is 0.161 e. The Morgan fingerprint density at radius 3 is 2.63 bits per heavy atom. The van der Waals surface area contributed by atoms with Crippen molar-refractivity contribution in [3.05, 3.63) is 60.2 Å². The summed E-state index contributed by atoms with van der Waals surface area (Å²) >= 11 is 0. The molecule has 0 atom stereocenters. The third-order valence-corrected chi connectivity index (χ3v) is 3.05. The Balaban J connectivity index is 2.24. The van der Waals surface area contributed by atoms with Crippen molar-refractivity contribution in [3.63, 3.8) is 0 Å². The first-order chi connectivity index (χ1) is 9.16. The molecule has 0 N–H and O–H groups in total. The van der Waals surface area contributed by atoms with Crippen LogP contribution in [0.15, 0.2) is 48.8 Å². The molecule has 0 saturated heterocycles. The molecule has 0 aliphatic rings. The van der Waals surface area contributed by atoms with Crippen LogP contribution in [0.5, 0.6) is 0 Å². The quantitative estimate of drug-likeness (QED) is 0.657. The van der Waals surface area contributed by atoms with Crippen LogP contribution in [0, 0.1) is 5.82 Å². The van der Waals surface area contributed by atoms with Gasteiger partial charge < -0.3 is 0 Å². The molecule has 0 spiro atoms. The van der Waals surface area contributed by atoms with Crippen molar-refractivity contribution in [3.8, 4) is 11.4 Å². The summed E-state index contributed by atoms with van der Waals surface area (Å²) in [5, 5.41) is 0. The number of carbonyl (C=O) groups excluding carboxylic acids is 1. The summed E-state index contributed by atoms with van der Waals surface area (Å²) in [6, 6.07) is 9.71. The van der Waals surface area contributed by atoms with E-state index in [9.17, 15) is 9.18 Å². The van der Waals surface area contributed by atoms with Gasteiger partial charge in [-0.15, -0.1) is 0 Å². The van der Waals surface area contributed by atoms with Gasteiger partial charge in [-0.1, -0.05) is 0 Å². The predicted molar refractivity (Wildman–Crippen MR) is 70.6 cm³/mol. The van der Waals surface area contributed by atoms with E-state index in [1.807, 2.05) is 10.6 Å². The number of hydrogen-bond acceptors (Lipinski definition) is 2. The van der Waals surface area contributed by atoms with E-state index in [1.54, 1.807) is 30.5 Å². The molecule has 0 aliphatic heterocycles. The van der Waals surface area contributed by atoms with Gasteiger partial charge in [0.25, 0.3) is 0 Å². The average molecular weight is 254 g/mol. The molecular weight excluding hydrogens is 243 g/mol. The van der Waals surface area contributed by atoms with E-state index in [-0.39, 0.29) is 11.6 Å². The van der Waals surface area contributed by atoms with Crippen molar-refractivity contribution in [2.24, 2.45) is 0 Å². The summed E-state index contributed by atoms with van der Waals surface area (Å²) in [7, 11) is 0. The second kappa shape index (κ2) is 4.31. The standard InChI is InChI=1S/C15H11FN2O/c1-10(19)13-3-2-8-18-14(13)9-17-15(18)11-4-6-12(16)7-5-11/h2-9H,1H3. The van der Waals surface area contributed by atoms with Crippen molar-refractivity contribution in [1.29, 1.82) is 0 Å². The van der Waals surface area contributed by atoms with E-state index in [0.717, 1.165) is 11.1 Å². The summed E-state index contributed by atoms with van der Waals surface area (Å²) in [5.41, 5.74) is 2.19. The van der Waals surface area contributed by atoms with Crippen LogP contribution >= 0.6 is 0 Å². The Morgan fingerprint density at radius 1 is 1.21 bits per heavy atom. The first-order valence-electron chi connectivity index (χ1n) is 5.90. The van der Waals surface area contributed by atoms with Crippen LogP contribution in [-0.4, -0.2) is 15.2 Å². The van der Waals surface area contributed by atoms with E-state index in [2.05, 4.69) is 4.98 Å². The molecule has 94 valence electrons. The van der Waals surface area contributed by atoms with Crippen LogP contribution < -0.4 is 0 Å². The van der Waals surface area contributed by atoms with Crippen LogP contribution in [0.2, 0.25) is 0 Å². The number of hydrogen-bond donors (Lipinski definition) is 0. The Morgan fingerprint density at radius 2 is 1.95 bits per heavy atom. The highest BCUT2D eigenvalue weighted by Crippen LogP contribution is 2.22. The number of carbonyl (C=O) groups is 1. The van der Waals surface area contributed by atoms with Crippen molar-refractivity contribution in [2.75, 3.05) is 0 Å². The van der Waals surface area contributed by atoms with Gasteiger partial charge in [0.15, 0.2) is 5.78 Å². The number of halogens is 1. The van der Waals surface area contributed by atoms with Gasteiger partial charge in [0, 0.05) is 17.3 Å². The Hall–Kier alpha value is -2.49. The van der Waals surface area contributed by atoms with Crippen molar-refractivity contribution < 1.29 is 9.18 Å². The zero-order valence-electron chi connectivity index (χ0n) is 10.3. The molecule has 4 heteroatoms. The lowest BCUT2D eigenvalue weighted by Gasteiger charge is -2.03. The number of nitrogens with zero attached hydrogens (tertiary/aromatic N) is 2. The molecule has 0 saturated carbocycles. The predicted octanol–water partition coefficient (Wildman–Crippen LogP) is 3.34. The third kappa shape index (κ3) is 1.91. The van der Waals surface area contributed by atoms with Crippen molar-refractivity contribution in [2.45, 2.75) is 6.92 Å². The van der Waals surface area contributed by atoms with E-state index < -0.39 is 0 Å². The Bertz CT molecular complexity index is 759. The molecule has 0 bridgehead atoms. The zero-order chi connectivity index (χ0) is 13.4. The fraction of sp³-hybridized carbons (Fsp3) is 0.0667. The van der Waals surface area contributed by atoms with E-state index in [1.165, 1.54) is 19.1 Å². The van der Waals surface area contributed by atoms with Gasteiger partial charge in [-0.25, -0.2) is 9.37 Å². The Kier molecular flexibility index (Phi) is 2.63. The maximum atomic E-state index is 12.9. The molecule has 0 amide bonds. The summed E-state index contributed by atoms with van der Waals surface area (Å²) < 4.78 is 14.8. The van der Waals surface area contributed by atoms with Gasteiger partial charge in [-0.3, -0.25) is 9.20 Å². The average Bonchev–Trinajstić information content (AvgIpc) is 2.83. The largest absolute Gasteiger partial charge is 0.299 e. The van der Waals surface area contributed by atoms with E-state index in [4.69, 9.17) is 0 Å². The first-order valence-corrected chi connectivity index (χ1v) is 5.90. The van der Waals surface area contributed by atoms with Gasteiger partial charge in [0.05, 0.1) is 11.7 Å². The normalized spacial score (nSPS) is 10.8. The number of imidazole rings is 1. The highest BCUT2D eigenvalue weighted by molar-refractivity contribution is 6.00. The molecule has 2 aromatic heterocycles. The SMILES string of the molecule is CC(=O)c1cccn2c(-c3ccc(F)cc3)ncc12. The minimum atomic E-state index is -0.283. The molecule has 0 radical (unpaired) electrons. The van der Waals surface area contributed by atoms with Crippen LogP contribution in [0.4, 0.5) is 4.39 Å². The molecule has 0 unspecified atom stereocenters. The number of rotatable bonds is 2. The molecule has 0 fully saturated rings. The fourth-order valence-electron chi connectivity index (χ4n) is 2.13. The monoisotopic (exact) mass is 254 g/mol. The second-order valence-corrected chi connectivity index (χ2v) is 4.32. The third-order valence-electron chi connectivity index (χ3n) is 3.05. The molecule has 1 aromatic carbocycles. The van der Waals surface area contributed by atoms with Crippen LogP contribution in [0.25, 0.3) is 16.9 Å². The maximum absolute atomic E-state index is 12.9. The van der Waals surface area contributed by atoms with Gasteiger partial charge in [0.2, 0.25) is 0 Å². The maximum Gasteiger partial charge on any atom is 0.161 e. The number of pyridine rings is 1. The van der Waals surface area contributed by atoms with Gasteiger partial charge in [0.1, 0.15) is 11.6 Å². The van der Waals surface area contributed by atoms with Gasteiger partial charge >= 0.3 is 0 Å². The molecule has 3 aromatic rings. The van der Waals surface area contributed by atoms with Crippen molar-refractivity contribution >= 4 is 11.3 Å². The highest BCUT2D eigenvalue weighted by atomic mass is 19.1. The summed E-state index contributed by atoms with van der Waals surface area (Å²) in [6.45, 7) is 1.53. The van der Waals surface area contributed by atoms with Gasteiger partial charge in [-0.2, -0.15) is 0 Å². The lowest BCUT2D eigenvalue weighted by Crippen LogP contribution is -1.97. The molecule has 19 heavy (non-hydrogen) atoms. The highest BCUT2D eigenvalue weighted by Gasteiger charge is 2.11. The summed E-state index contributed by atoms with van der Waals surface area (Å²) in [6.07, 6.45) is 3.50. The second-order valence-electron chi connectivity index (χ2n) is 4.32. The number of ketones is 1. The lowest BCUT2D eigenvalue weighted by atomic mass is 10.1. The topological polar surface area (TPSA) is 34.4 Å². The van der Waals surface area contributed by atoms with E-state index >= 15 is 0 Å². The Labute approximate surface area is 109 Å². The zero-order valence-corrected chi connectivity index (χ0v) is 10.3. The number of fused-ring (bicyclic) bond motifs is 1. The molecule has 3 nitrogen and oxygen atoms in total. The van der Waals surface area contributed by atoms with E-state index in [0.29, 0.717) is 11.4 Å². The van der Waals surface area contributed by atoms with Crippen LogP contribution in [-0.2, 0) is 0 Å². The molecule has 0 aliphatic carbocycles. The minimum Gasteiger partial charge on any atom is -0.299 e. The number of Topliss-reactive ketones (excluding diaryl/α,β-unsaturated/α-hetero) is 1. The first kappa shape index (κ1) is 11.6. The molecule has 2 heterocycles. The number of aromatic nitrogens is 2. The van der Waals surface area contributed by atoms with Gasteiger partial charge in [-0.05, 0) is 43.3 Å². The molecular formula is C15H11FN2O. The number of benzene rings is 1. The molecule has 3 rings (SSSR count). The summed E-state index contributed by atoms with van der Waals surface area (Å²) in [5.74, 6) is 0.406.